The molecule has 1 aromatic rings. The van der Waals surface area contributed by atoms with Crippen LogP contribution in [0, 0.1) is 16.0 Å². The zero-order chi connectivity index (χ0) is 23.7. The first-order chi connectivity index (χ1) is 14.3. The SMILES string of the molecule is CC(C)COC(=O)COC(C)(C)CCOC(C)(C)CCOc1cc(Cl)cc([N+](=O)[O-])c1. The van der Waals surface area contributed by atoms with Crippen LogP contribution in [0.3, 0.4) is 0 Å². The lowest BCUT2D eigenvalue weighted by Crippen LogP contribution is -2.33. The van der Waals surface area contributed by atoms with E-state index in [9.17, 15) is 14.9 Å². The highest BCUT2D eigenvalue weighted by molar-refractivity contribution is 6.30. The molecule has 176 valence electrons. The second kappa shape index (κ2) is 12.2. The number of halogens is 1. The number of esters is 1. The summed E-state index contributed by atoms with van der Waals surface area (Å²) >= 11 is 5.90. The summed E-state index contributed by atoms with van der Waals surface area (Å²) in [5, 5.41) is 11.2. The molecule has 0 aromatic heterocycles. The lowest BCUT2D eigenvalue weighted by molar-refractivity contribution is -0.384. The van der Waals surface area contributed by atoms with Crippen LogP contribution in [0.15, 0.2) is 18.2 Å². The smallest absolute Gasteiger partial charge is 0.332 e. The summed E-state index contributed by atoms with van der Waals surface area (Å²) in [4.78, 5) is 22.1. The van der Waals surface area contributed by atoms with Crippen LogP contribution in [0.4, 0.5) is 5.69 Å². The molecule has 9 heteroatoms. The van der Waals surface area contributed by atoms with Crippen molar-refractivity contribution in [3.8, 4) is 5.75 Å². The maximum atomic E-state index is 11.7. The van der Waals surface area contributed by atoms with E-state index >= 15 is 0 Å². The highest BCUT2D eigenvalue weighted by Gasteiger charge is 2.24. The van der Waals surface area contributed by atoms with Gasteiger partial charge in [0.1, 0.15) is 12.4 Å². The van der Waals surface area contributed by atoms with Crippen LogP contribution in [-0.4, -0.2) is 48.5 Å². The Morgan fingerprint density at radius 2 is 1.68 bits per heavy atom. The molecule has 0 radical (unpaired) electrons. The maximum Gasteiger partial charge on any atom is 0.332 e. The monoisotopic (exact) mass is 459 g/mol. The Bertz CT molecular complexity index is 735. The molecular formula is C22H34ClNO7. The van der Waals surface area contributed by atoms with Crippen LogP contribution in [0.1, 0.15) is 54.4 Å². The molecule has 8 nitrogen and oxygen atoms in total. The van der Waals surface area contributed by atoms with Crippen LogP contribution in [0.2, 0.25) is 5.02 Å². The van der Waals surface area contributed by atoms with Crippen LogP contribution < -0.4 is 4.74 Å². The third kappa shape index (κ3) is 11.9. The van der Waals surface area contributed by atoms with Gasteiger partial charge < -0.3 is 18.9 Å². The Kier molecular flexibility index (Phi) is 10.7. The van der Waals surface area contributed by atoms with Gasteiger partial charge in [0.05, 0.1) is 47.0 Å². The van der Waals surface area contributed by atoms with Crippen molar-refractivity contribution in [3.63, 3.8) is 0 Å². The van der Waals surface area contributed by atoms with Gasteiger partial charge in [0.2, 0.25) is 0 Å². The van der Waals surface area contributed by atoms with E-state index < -0.39 is 16.1 Å². The van der Waals surface area contributed by atoms with Crippen molar-refractivity contribution in [2.45, 2.75) is 65.6 Å². The Hall–Kier alpha value is -1.90. The number of nitro benzene ring substituents is 1. The second-order valence-corrected chi connectivity index (χ2v) is 9.42. The number of hydrogen-bond donors (Lipinski definition) is 0. The van der Waals surface area contributed by atoms with Crippen molar-refractivity contribution in [2.24, 2.45) is 5.92 Å². The van der Waals surface area contributed by atoms with Gasteiger partial charge >= 0.3 is 5.97 Å². The fraction of sp³-hybridized carbons (Fsp3) is 0.682. The first kappa shape index (κ1) is 27.1. The van der Waals surface area contributed by atoms with Crippen molar-refractivity contribution in [2.75, 3.05) is 26.4 Å². The van der Waals surface area contributed by atoms with Gasteiger partial charge in [-0.25, -0.2) is 4.79 Å². The lowest BCUT2D eigenvalue weighted by atomic mass is 10.0. The van der Waals surface area contributed by atoms with Gasteiger partial charge in [-0.3, -0.25) is 10.1 Å². The Labute approximate surface area is 189 Å². The van der Waals surface area contributed by atoms with Crippen molar-refractivity contribution in [1.29, 1.82) is 0 Å². The summed E-state index contributed by atoms with van der Waals surface area (Å²) in [5.74, 6) is 0.251. The number of ether oxygens (including phenoxy) is 4. The Balaban J connectivity index is 2.37. The molecule has 0 saturated heterocycles. The molecule has 0 aliphatic rings. The average molecular weight is 460 g/mol. The van der Waals surface area contributed by atoms with Crippen LogP contribution in [-0.2, 0) is 19.0 Å². The van der Waals surface area contributed by atoms with E-state index in [1.54, 1.807) is 0 Å². The number of nitrogens with zero attached hydrogens (tertiary/aromatic N) is 1. The molecule has 0 heterocycles. The summed E-state index contributed by atoms with van der Waals surface area (Å²) in [6, 6.07) is 4.15. The normalized spacial score (nSPS) is 12.1. The number of benzene rings is 1. The molecule has 0 bridgehead atoms. The predicted molar refractivity (Wildman–Crippen MR) is 119 cm³/mol. The minimum atomic E-state index is -0.539. The zero-order valence-electron chi connectivity index (χ0n) is 19.2. The molecule has 1 aromatic carbocycles. The Morgan fingerprint density at radius 3 is 2.29 bits per heavy atom. The molecule has 1 rings (SSSR count). The van der Waals surface area contributed by atoms with E-state index in [2.05, 4.69) is 0 Å². The van der Waals surface area contributed by atoms with Gasteiger partial charge in [0, 0.05) is 12.5 Å². The fourth-order valence-electron chi connectivity index (χ4n) is 2.42. The number of hydrogen-bond acceptors (Lipinski definition) is 7. The van der Waals surface area contributed by atoms with E-state index in [0.29, 0.717) is 38.4 Å². The first-order valence-electron chi connectivity index (χ1n) is 10.3. The Morgan fingerprint density at radius 1 is 1.06 bits per heavy atom. The largest absolute Gasteiger partial charge is 0.493 e. The highest BCUT2D eigenvalue weighted by Crippen LogP contribution is 2.26. The molecule has 31 heavy (non-hydrogen) atoms. The van der Waals surface area contributed by atoms with Crippen LogP contribution in [0.25, 0.3) is 0 Å². The van der Waals surface area contributed by atoms with E-state index in [4.69, 9.17) is 30.5 Å². The molecule has 0 atom stereocenters. The van der Waals surface area contributed by atoms with Gasteiger partial charge in [-0.05, 0) is 46.1 Å². The summed E-state index contributed by atoms with van der Waals surface area (Å²) in [7, 11) is 0. The van der Waals surface area contributed by atoms with E-state index in [-0.39, 0.29) is 29.2 Å². The molecule has 0 N–H and O–H groups in total. The summed E-state index contributed by atoms with van der Waals surface area (Å²) < 4.78 is 22.4. The zero-order valence-corrected chi connectivity index (χ0v) is 20.0. The average Bonchev–Trinajstić information content (AvgIpc) is 2.63. The topological polar surface area (TPSA) is 97.1 Å². The molecule has 0 fully saturated rings. The van der Waals surface area contributed by atoms with Gasteiger partial charge in [0.15, 0.2) is 0 Å². The van der Waals surface area contributed by atoms with Crippen molar-refractivity contribution >= 4 is 23.3 Å². The standard InChI is InChI=1S/C22H34ClNO7/c1-16(2)14-29-20(25)15-31-22(5,6)8-10-30-21(3,4)7-9-28-19-12-17(23)11-18(13-19)24(26)27/h11-13,16H,7-10,14-15H2,1-6H3. The van der Waals surface area contributed by atoms with Crippen molar-refractivity contribution in [1.82, 2.24) is 0 Å². The van der Waals surface area contributed by atoms with E-state index in [1.807, 2.05) is 41.5 Å². The third-order valence-corrected chi connectivity index (χ3v) is 4.61. The van der Waals surface area contributed by atoms with Gasteiger partial charge in [0.25, 0.3) is 5.69 Å². The number of rotatable bonds is 14. The van der Waals surface area contributed by atoms with E-state index in [1.165, 1.54) is 18.2 Å². The lowest BCUT2D eigenvalue weighted by Gasteiger charge is -2.29. The minimum Gasteiger partial charge on any atom is -0.493 e. The third-order valence-electron chi connectivity index (χ3n) is 4.40. The quantitative estimate of drug-likeness (QED) is 0.214. The number of nitro groups is 1. The molecule has 0 saturated carbocycles. The molecule has 0 amide bonds. The summed E-state index contributed by atoms with van der Waals surface area (Å²) in [6.07, 6.45) is 1.16. The van der Waals surface area contributed by atoms with Crippen molar-refractivity contribution < 1.29 is 28.7 Å². The molecule has 0 aliphatic carbocycles. The van der Waals surface area contributed by atoms with Gasteiger partial charge in [-0.15, -0.1) is 0 Å². The molecule has 0 spiro atoms. The second-order valence-electron chi connectivity index (χ2n) is 8.98. The molecular weight excluding hydrogens is 426 g/mol. The van der Waals surface area contributed by atoms with E-state index in [0.717, 1.165) is 0 Å². The number of carbonyl (C=O) groups excluding carboxylic acids is 1. The number of non-ortho nitro benzene ring substituents is 1. The van der Waals surface area contributed by atoms with Gasteiger partial charge in [-0.1, -0.05) is 25.4 Å². The predicted octanol–water partition coefficient (Wildman–Crippen LogP) is 5.20. The summed E-state index contributed by atoms with van der Waals surface area (Å²) in [5.41, 5.74) is -1.13. The molecule has 0 aliphatic heterocycles. The van der Waals surface area contributed by atoms with Crippen LogP contribution in [0.5, 0.6) is 5.75 Å². The summed E-state index contributed by atoms with van der Waals surface area (Å²) in [6.45, 7) is 12.6. The van der Waals surface area contributed by atoms with Crippen molar-refractivity contribution in [3.05, 3.63) is 33.3 Å². The maximum absolute atomic E-state index is 11.7. The van der Waals surface area contributed by atoms with Crippen LogP contribution >= 0.6 is 11.6 Å². The number of carbonyl (C=O) groups is 1. The molecule has 0 unspecified atom stereocenters. The van der Waals surface area contributed by atoms with Gasteiger partial charge in [-0.2, -0.15) is 0 Å². The first-order valence-corrected chi connectivity index (χ1v) is 10.7. The highest BCUT2D eigenvalue weighted by atomic mass is 35.5. The minimum absolute atomic E-state index is 0.0945. The fourth-order valence-corrected chi connectivity index (χ4v) is 2.64.